The number of carbonyl (C=O) groups is 1. The molecule has 0 spiro atoms. The maximum absolute atomic E-state index is 11.8. The molecule has 110 valence electrons. The molecular weight excluding hydrogens is 282 g/mol. The second-order valence-electron chi connectivity index (χ2n) is 5.43. The van der Waals surface area contributed by atoms with Crippen LogP contribution in [0.4, 0.5) is 0 Å². The first-order chi connectivity index (χ1) is 10.2. The molecule has 1 N–H and O–H groups in total. The fraction of sp³-hybridized carbons (Fsp3) is 0.353. The van der Waals surface area contributed by atoms with Gasteiger partial charge in [-0.3, -0.25) is 4.79 Å². The molecule has 1 unspecified atom stereocenters. The summed E-state index contributed by atoms with van der Waals surface area (Å²) in [6.45, 7) is 3.26. The Bertz CT molecular complexity index is 636. The molecule has 1 aliphatic rings. The van der Waals surface area contributed by atoms with E-state index >= 15 is 0 Å². The minimum Gasteiger partial charge on any atom is -0.388 e. The van der Waals surface area contributed by atoms with Crippen LogP contribution < -0.4 is 0 Å². The van der Waals surface area contributed by atoms with Crippen LogP contribution in [0.25, 0.3) is 0 Å². The van der Waals surface area contributed by atoms with Crippen LogP contribution in [0.15, 0.2) is 35.7 Å². The summed E-state index contributed by atoms with van der Waals surface area (Å²) in [5.41, 5.74) is 3.30. The SMILES string of the molecule is CCC(=O)N1Cc2ccc(C(O)Cc3cccs3)cc2C1. The Morgan fingerprint density at radius 3 is 2.86 bits per heavy atom. The van der Waals surface area contributed by atoms with Crippen LogP contribution in [0.5, 0.6) is 0 Å². The number of hydrogen-bond acceptors (Lipinski definition) is 3. The zero-order valence-electron chi connectivity index (χ0n) is 12.1. The molecule has 4 heteroatoms. The molecule has 21 heavy (non-hydrogen) atoms. The van der Waals surface area contributed by atoms with E-state index in [4.69, 9.17) is 0 Å². The number of aliphatic hydroxyl groups is 1. The van der Waals surface area contributed by atoms with E-state index < -0.39 is 6.10 Å². The quantitative estimate of drug-likeness (QED) is 0.941. The number of nitrogens with zero attached hydrogens (tertiary/aromatic N) is 1. The summed E-state index contributed by atoms with van der Waals surface area (Å²) in [7, 11) is 0. The Morgan fingerprint density at radius 2 is 2.14 bits per heavy atom. The van der Waals surface area contributed by atoms with Crippen molar-refractivity contribution >= 4 is 17.2 Å². The number of hydrogen-bond donors (Lipinski definition) is 1. The summed E-state index contributed by atoms with van der Waals surface area (Å²) < 4.78 is 0. The van der Waals surface area contributed by atoms with Gasteiger partial charge in [-0.2, -0.15) is 0 Å². The first kappa shape index (κ1) is 14.3. The molecular formula is C17H19NO2S. The van der Waals surface area contributed by atoms with E-state index in [2.05, 4.69) is 6.07 Å². The van der Waals surface area contributed by atoms with Gasteiger partial charge < -0.3 is 10.0 Å². The molecule has 0 saturated heterocycles. The molecule has 0 radical (unpaired) electrons. The van der Waals surface area contributed by atoms with Gasteiger partial charge in [0, 0.05) is 30.8 Å². The summed E-state index contributed by atoms with van der Waals surface area (Å²) in [5.74, 6) is 0.187. The Hall–Kier alpha value is -1.65. The number of carbonyl (C=O) groups excluding carboxylic acids is 1. The number of benzene rings is 1. The monoisotopic (exact) mass is 301 g/mol. The van der Waals surface area contributed by atoms with Gasteiger partial charge in [-0.15, -0.1) is 11.3 Å². The Balaban J connectivity index is 1.74. The molecule has 2 heterocycles. The topological polar surface area (TPSA) is 40.5 Å². The lowest BCUT2D eigenvalue weighted by Crippen LogP contribution is -2.23. The summed E-state index contributed by atoms with van der Waals surface area (Å²) in [5, 5.41) is 12.4. The average molecular weight is 301 g/mol. The van der Waals surface area contributed by atoms with Gasteiger partial charge in [-0.25, -0.2) is 0 Å². The van der Waals surface area contributed by atoms with Crippen LogP contribution in [-0.4, -0.2) is 15.9 Å². The predicted molar refractivity (Wildman–Crippen MR) is 84.0 cm³/mol. The minimum absolute atomic E-state index is 0.187. The van der Waals surface area contributed by atoms with Gasteiger partial charge in [0.05, 0.1) is 6.10 Å². The van der Waals surface area contributed by atoms with Crippen LogP contribution in [0.3, 0.4) is 0 Å². The second kappa shape index (κ2) is 6.00. The second-order valence-corrected chi connectivity index (χ2v) is 6.46. The van der Waals surface area contributed by atoms with Gasteiger partial charge in [-0.05, 0) is 28.1 Å². The molecule has 1 aromatic carbocycles. The molecule has 0 saturated carbocycles. The van der Waals surface area contributed by atoms with Crippen molar-refractivity contribution in [2.45, 2.75) is 39.0 Å². The van der Waals surface area contributed by atoms with Crippen LogP contribution in [0, 0.1) is 0 Å². The van der Waals surface area contributed by atoms with Gasteiger partial charge in [0.15, 0.2) is 0 Å². The number of rotatable bonds is 4. The van der Waals surface area contributed by atoms with E-state index in [1.54, 1.807) is 11.3 Å². The zero-order valence-corrected chi connectivity index (χ0v) is 12.9. The third-order valence-corrected chi connectivity index (χ3v) is 4.87. The molecule has 2 aromatic rings. The minimum atomic E-state index is -0.482. The maximum atomic E-state index is 11.8. The van der Waals surface area contributed by atoms with Gasteiger partial charge in [-0.1, -0.05) is 31.2 Å². The molecule has 1 aromatic heterocycles. The Morgan fingerprint density at radius 1 is 1.33 bits per heavy atom. The first-order valence-corrected chi connectivity index (χ1v) is 8.15. The molecule has 3 rings (SSSR count). The highest BCUT2D eigenvalue weighted by Crippen LogP contribution is 2.28. The Kier molecular flexibility index (Phi) is 4.08. The van der Waals surface area contributed by atoms with Gasteiger partial charge in [0.1, 0.15) is 0 Å². The highest BCUT2D eigenvalue weighted by atomic mass is 32.1. The molecule has 1 amide bonds. The van der Waals surface area contributed by atoms with Gasteiger partial charge in [0.2, 0.25) is 5.91 Å². The zero-order chi connectivity index (χ0) is 14.8. The third-order valence-electron chi connectivity index (χ3n) is 3.97. The molecule has 3 nitrogen and oxygen atoms in total. The van der Waals surface area contributed by atoms with Crippen molar-refractivity contribution in [1.29, 1.82) is 0 Å². The average Bonchev–Trinajstić information content (AvgIpc) is 3.14. The fourth-order valence-corrected chi connectivity index (χ4v) is 3.50. The fourth-order valence-electron chi connectivity index (χ4n) is 2.76. The van der Waals surface area contributed by atoms with E-state index in [1.807, 2.05) is 41.5 Å². The van der Waals surface area contributed by atoms with Crippen molar-refractivity contribution in [3.05, 3.63) is 57.3 Å². The molecule has 1 atom stereocenters. The lowest BCUT2D eigenvalue weighted by Gasteiger charge is -2.13. The van der Waals surface area contributed by atoms with Crippen LogP contribution in [0.1, 0.15) is 41.0 Å². The third kappa shape index (κ3) is 3.01. The predicted octanol–water partition coefficient (Wildman–Crippen LogP) is 3.28. The largest absolute Gasteiger partial charge is 0.388 e. The van der Waals surface area contributed by atoms with Crippen molar-refractivity contribution in [3.8, 4) is 0 Å². The Labute approximate surface area is 128 Å². The van der Waals surface area contributed by atoms with E-state index in [1.165, 1.54) is 16.0 Å². The van der Waals surface area contributed by atoms with Crippen LogP contribution in [0.2, 0.25) is 0 Å². The lowest BCUT2D eigenvalue weighted by atomic mass is 10.0. The first-order valence-electron chi connectivity index (χ1n) is 7.27. The van der Waals surface area contributed by atoms with E-state index in [9.17, 15) is 9.90 Å². The summed E-state index contributed by atoms with van der Waals surface area (Å²) >= 11 is 1.67. The van der Waals surface area contributed by atoms with Crippen molar-refractivity contribution < 1.29 is 9.90 Å². The van der Waals surface area contributed by atoms with E-state index in [0.29, 0.717) is 25.9 Å². The van der Waals surface area contributed by atoms with E-state index in [-0.39, 0.29) is 5.91 Å². The maximum Gasteiger partial charge on any atom is 0.222 e. The van der Waals surface area contributed by atoms with Crippen LogP contribution >= 0.6 is 11.3 Å². The highest BCUT2D eigenvalue weighted by molar-refractivity contribution is 7.09. The van der Waals surface area contributed by atoms with Crippen molar-refractivity contribution in [3.63, 3.8) is 0 Å². The number of fused-ring (bicyclic) bond motifs is 1. The normalized spacial score (nSPS) is 15.0. The summed E-state index contributed by atoms with van der Waals surface area (Å²) in [6.07, 6.45) is 0.709. The van der Waals surface area contributed by atoms with Crippen molar-refractivity contribution in [1.82, 2.24) is 4.90 Å². The highest BCUT2D eigenvalue weighted by Gasteiger charge is 2.23. The molecule has 0 bridgehead atoms. The van der Waals surface area contributed by atoms with Gasteiger partial charge in [0.25, 0.3) is 0 Å². The summed E-state index contributed by atoms with van der Waals surface area (Å²) in [6, 6.07) is 10.1. The number of amides is 1. The summed E-state index contributed by atoms with van der Waals surface area (Å²) in [4.78, 5) is 14.9. The van der Waals surface area contributed by atoms with Gasteiger partial charge >= 0.3 is 0 Å². The lowest BCUT2D eigenvalue weighted by molar-refractivity contribution is -0.131. The number of aliphatic hydroxyl groups excluding tert-OH is 1. The standard InChI is InChI=1S/C17H19NO2S/c1-2-17(20)18-10-13-6-5-12(8-14(13)11-18)16(19)9-15-4-3-7-21-15/h3-8,16,19H,2,9-11H2,1H3. The smallest absolute Gasteiger partial charge is 0.222 e. The van der Waals surface area contributed by atoms with Crippen molar-refractivity contribution in [2.75, 3.05) is 0 Å². The van der Waals surface area contributed by atoms with Crippen molar-refractivity contribution in [2.24, 2.45) is 0 Å². The molecule has 0 fully saturated rings. The van der Waals surface area contributed by atoms with E-state index in [0.717, 1.165) is 5.56 Å². The molecule has 1 aliphatic heterocycles. The van der Waals surface area contributed by atoms with Crippen LogP contribution in [-0.2, 0) is 24.3 Å². The molecule has 0 aliphatic carbocycles. The number of thiophene rings is 1.